The summed E-state index contributed by atoms with van der Waals surface area (Å²) >= 11 is 0. The van der Waals surface area contributed by atoms with Crippen molar-refractivity contribution in [2.75, 3.05) is 17.1 Å². The Hall–Kier alpha value is -3.13. The molecule has 0 aliphatic heterocycles. The molecular weight excluding hydrogens is 376 g/mol. The second kappa shape index (κ2) is 8.26. The van der Waals surface area contributed by atoms with Crippen LogP contribution >= 0.6 is 0 Å². The second-order valence-electron chi connectivity index (χ2n) is 6.18. The molecule has 3 rings (SSSR count). The first kappa shape index (κ1) is 19.6. The smallest absolute Gasteiger partial charge is 0.263 e. The quantitative estimate of drug-likeness (QED) is 0.627. The molecule has 2 N–H and O–H groups in total. The van der Waals surface area contributed by atoms with Gasteiger partial charge in [0.15, 0.2) is 11.6 Å². The van der Waals surface area contributed by atoms with Gasteiger partial charge in [-0.1, -0.05) is 25.1 Å². The maximum absolute atomic E-state index is 12.6. The van der Waals surface area contributed by atoms with Gasteiger partial charge in [-0.05, 0) is 60.9 Å². The molecule has 0 spiro atoms. The van der Waals surface area contributed by atoms with Crippen LogP contribution in [0.5, 0.6) is 5.75 Å². The average molecular weight is 398 g/mol. The molecule has 0 saturated carbocycles. The van der Waals surface area contributed by atoms with Crippen molar-refractivity contribution in [3.63, 3.8) is 0 Å². The summed E-state index contributed by atoms with van der Waals surface area (Å²) < 4.78 is 32.8. The minimum Gasteiger partial charge on any atom is -0.496 e. The van der Waals surface area contributed by atoms with Gasteiger partial charge in [-0.2, -0.15) is 0 Å². The van der Waals surface area contributed by atoms with Crippen LogP contribution in [0.25, 0.3) is 0 Å². The van der Waals surface area contributed by atoms with Gasteiger partial charge in [0, 0.05) is 5.69 Å². The van der Waals surface area contributed by atoms with E-state index in [-0.39, 0.29) is 10.7 Å². The van der Waals surface area contributed by atoms with Gasteiger partial charge in [0.25, 0.3) is 10.0 Å². The zero-order valence-corrected chi connectivity index (χ0v) is 16.7. The minimum absolute atomic E-state index is 0.131. The van der Waals surface area contributed by atoms with Crippen LogP contribution < -0.4 is 14.8 Å². The summed E-state index contributed by atoms with van der Waals surface area (Å²) in [5, 5.41) is 11.2. The lowest BCUT2D eigenvalue weighted by atomic mass is 10.1. The Balaban J connectivity index is 1.75. The van der Waals surface area contributed by atoms with Crippen molar-refractivity contribution in [1.82, 2.24) is 10.2 Å². The van der Waals surface area contributed by atoms with Crippen LogP contribution in [0.1, 0.15) is 18.1 Å². The Morgan fingerprint density at radius 2 is 1.71 bits per heavy atom. The highest BCUT2D eigenvalue weighted by Gasteiger charge is 2.16. The number of hydrogen-bond donors (Lipinski definition) is 2. The molecule has 0 unspecified atom stereocenters. The Morgan fingerprint density at radius 3 is 2.36 bits per heavy atom. The first-order valence-corrected chi connectivity index (χ1v) is 10.3. The summed E-state index contributed by atoms with van der Waals surface area (Å²) in [7, 11) is -2.23. The summed E-state index contributed by atoms with van der Waals surface area (Å²) in [6.07, 6.45) is 0.885. The van der Waals surface area contributed by atoms with E-state index in [2.05, 4.69) is 27.2 Å². The van der Waals surface area contributed by atoms with Gasteiger partial charge in [0.05, 0.1) is 12.0 Å². The molecule has 8 heteroatoms. The van der Waals surface area contributed by atoms with E-state index >= 15 is 0 Å². The van der Waals surface area contributed by atoms with E-state index in [0.29, 0.717) is 11.6 Å². The topological polar surface area (TPSA) is 93.2 Å². The fraction of sp³-hybridized carbons (Fsp3) is 0.200. The maximum Gasteiger partial charge on any atom is 0.263 e. The molecule has 3 aromatic rings. The second-order valence-corrected chi connectivity index (χ2v) is 7.86. The van der Waals surface area contributed by atoms with Gasteiger partial charge >= 0.3 is 0 Å². The van der Waals surface area contributed by atoms with Crippen molar-refractivity contribution in [2.45, 2.75) is 25.2 Å². The highest BCUT2D eigenvalue weighted by molar-refractivity contribution is 7.92. The van der Waals surface area contributed by atoms with Gasteiger partial charge in [0.1, 0.15) is 5.75 Å². The molecule has 0 atom stereocenters. The molecule has 146 valence electrons. The Labute approximate surface area is 164 Å². The Bertz CT molecular complexity index is 1070. The number of aromatic nitrogens is 2. The van der Waals surface area contributed by atoms with Crippen LogP contribution in [0.2, 0.25) is 0 Å². The predicted octanol–water partition coefficient (Wildman–Crippen LogP) is 3.90. The molecular formula is C20H22N4O3S. The van der Waals surface area contributed by atoms with E-state index in [0.717, 1.165) is 23.2 Å². The van der Waals surface area contributed by atoms with E-state index in [1.54, 1.807) is 38.3 Å². The fourth-order valence-corrected chi connectivity index (χ4v) is 3.84. The third kappa shape index (κ3) is 4.40. The third-order valence-corrected chi connectivity index (χ3v) is 5.59. The van der Waals surface area contributed by atoms with Crippen LogP contribution in [0.3, 0.4) is 0 Å². The molecule has 28 heavy (non-hydrogen) atoms. The molecule has 7 nitrogen and oxygen atoms in total. The minimum atomic E-state index is -3.77. The molecule has 1 aromatic heterocycles. The largest absolute Gasteiger partial charge is 0.496 e. The number of sulfonamides is 1. The number of ether oxygens (including phenoxy) is 1. The first-order valence-electron chi connectivity index (χ1n) is 8.79. The number of nitrogens with zero attached hydrogens (tertiary/aromatic N) is 2. The summed E-state index contributed by atoms with van der Waals surface area (Å²) in [4.78, 5) is 0.131. The molecule has 1 heterocycles. The number of anilines is 3. The van der Waals surface area contributed by atoms with Crippen LogP contribution in [-0.2, 0) is 16.4 Å². The number of benzene rings is 2. The summed E-state index contributed by atoms with van der Waals surface area (Å²) in [5.41, 5.74) is 2.83. The van der Waals surface area contributed by atoms with Crippen LogP contribution in [0.15, 0.2) is 59.5 Å². The number of methoxy groups -OCH3 is 1. The molecule has 0 amide bonds. The zero-order valence-electron chi connectivity index (χ0n) is 15.9. The van der Waals surface area contributed by atoms with Crippen molar-refractivity contribution in [3.05, 3.63) is 65.7 Å². The van der Waals surface area contributed by atoms with Crippen molar-refractivity contribution < 1.29 is 13.2 Å². The fourth-order valence-electron chi connectivity index (χ4n) is 2.76. The van der Waals surface area contributed by atoms with Gasteiger partial charge in [-0.15, -0.1) is 10.2 Å². The average Bonchev–Trinajstić information content (AvgIpc) is 2.69. The highest BCUT2D eigenvalue weighted by Crippen LogP contribution is 2.23. The van der Waals surface area contributed by atoms with Crippen molar-refractivity contribution in [3.8, 4) is 5.75 Å². The molecule has 0 saturated heterocycles. The summed E-state index contributed by atoms with van der Waals surface area (Å²) in [5.74, 6) is 1.30. The molecule has 0 fully saturated rings. The van der Waals surface area contributed by atoms with Gasteiger partial charge in [-0.25, -0.2) is 8.42 Å². The molecule has 0 bridgehead atoms. The van der Waals surface area contributed by atoms with Gasteiger partial charge in [0.2, 0.25) is 0 Å². The molecule has 0 aliphatic carbocycles. The summed E-state index contributed by atoms with van der Waals surface area (Å²) in [6, 6.07) is 15.8. The number of rotatable bonds is 7. The number of nitrogens with one attached hydrogen (secondary N) is 2. The van der Waals surface area contributed by atoms with Crippen LogP contribution in [0.4, 0.5) is 17.3 Å². The lowest BCUT2D eigenvalue weighted by molar-refractivity contribution is 0.411. The lowest BCUT2D eigenvalue weighted by Gasteiger charge is -2.11. The van der Waals surface area contributed by atoms with Gasteiger partial charge < -0.3 is 10.1 Å². The normalized spacial score (nSPS) is 11.1. The van der Waals surface area contributed by atoms with E-state index in [1.807, 2.05) is 24.3 Å². The van der Waals surface area contributed by atoms with E-state index in [1.165, 1.54) is 6.07 Å². The van der Waals surface area contributed by atoms with Crippen molar-refractivity contribution in [2.24, 2.45) is 0 Å². The Morgan fingerprint density at radius 1 is 1.00 bits per heavy atom. The standard InChI is InChI=1S/C20H22N4O3S/c1-4-15-7-5-6-8-17(15)21-19-11-12-20(23-22-19)24-28(25,26)16-9-10-18(27-3)14(2)13-16/h5-13H,4H2,1-3H3,(H,21,22)(H,23,24). The number of hydrogen-bond acceptors (Lipinski definition) is 6. The molecule has 0 aliphatic rings. The summed E-state index contributed by atoms with van der Waals surface area (Å²) in [6.45, 7) is 3.86. The molecule has 2 aromatic carbocycles. The first-order chi connectivity index (χ1) is 13.4. The monoisotopic (exact) mass is 398 g/mol. The van der Waals surface area contributed by atoms with Crippen molar-refractivity contribution in [1.29, 1.82) is 0 Å². The highest BCUT2D eigenvalue weighted by atomic mass is 32.2. The maximum atomic E-state index is 12.6. The number of para-hydroxylation sites is 1. The molecule has 0 radical (unpaired) electrons. The van der Waals surface area contributed by atoms with Crippen LogP contribution in [0, 0.1) is 6.92 Å². The van der Waals surface area contributed by atoms with Crippen molar-refractivity contribution >= 4 is 27.3 Å². The number of aryl methyl sites for hydroxylation is 2. The SMILES string of the molecule is CCc1ccccc1Nc1ccc(NS(=O)(=O)c2ccc(OC)c(C)c2)nn1. The Kier molecular flexibility index (Phi) is 5.79. The third-order valence-electron chi connectivity index (χ3n) is 4.24. The zero-order chi connectivity index (χ0) is 20.1. The van der Waals surface area contributed by atoms with Crippen LogP contribution in [-0.4, -0.2) is 25.7 Å². The van der Waals surface area contributed by atoms with E-state index < -0.39 is 10.0 Å². The predicted molar refractivity (Wildman–Crippen MR) is 110 cm³/mol. The lowest BCUT2D eigenvalue weighted by Crippen LogP contribution is -2.14. The van der Waals surface area contributed by atoms with Gasteiger partial charge in [-0.3, -0.25) is 4.72 Å². The van der Waals surface area contributed by atoms with E-state index in [4.69, 9.17) is 4.74 Å². The van der Waals surface area contributed by atoms with E-state index in [9.17, 15) is 8.42 Å².